The van der Waals surface area contributed by atoms with Crippen LogP contribution in [0.15, 0.2) is 47.8 Å². The quantitative estimate of drug-likeness (QED) is 0.880. The highest BCUT2D eigenvalue weighted by molar-refractivity contribution is 6.33. The van der Waals surface area contributed by atoms with E-state index in [-0.39, 0.29) is 0 Å². The van der Waals surface area contributed by atoms with Gasteiger partial charge < -0.3 is 10.2 Å². The minimum atomic E-state index is 0.811. The van der Waals surface area contributed by atoms with Crippen LogP contribution in [0.5, 0.6) is 0 Å². The topological polar surface area (TPSA) is 15.3 Å². The van der Waals surface area contributed by atoms with Crippen molar-refractivity contribution in [1.82, 2.24) is 5.32 Å². The smallest absolute Gasteiger partial charge is 0.0639 e. The predicted octanol–water partition coefficient (Wildman–Crippen LogP) is 4.34. The van der Waals surface area contributed by atoms with Crippen molar-refractivity contribution in [3.05, 3.63) is 52.8 Å². The summed E-state index contributed by atoms with van der Waals surface area (Å²) in [5, 5.41) is 4.28. The predicted molar refractivity (Wildman–Crippen MR) is 83.5 cm³/mol. The van der Waals surface area contributed by atoms with Gasteiger partial charge in [-0.05, 0) is 38.8 Å². The van der Waals surface area contributed by atoms with E-state index < -0.39 is 0 Å². The third-order valence-corrected chi connectivity index (χ3v) is 3.62. The van der Waals surface area contributed by atoms with Crippen LogP contribution in [0.2, 0.25) is 5.02 Å². The highest BCUT2D eigenvalue weighted by atomic mass is 35.5. The standard InChI is InChI=1S/C16H21ClN2/c1-3-19(16-11-7-6-10-15(16)17)12-14-9-5-4-8-13(2)18-14/h6-11,18H,3-5,12H2,1-2H3. The summed E-state index contributed by atoms with van der Waals surface area (Å²) in [5.74, 6) is 0. The lowest BCUT2D eigenvalue weighted by Crippen LogP contribution is -2.29. The summed E-state index contributed by atoms with van der Waals surface area (Å²) < 4.78 is 0. The Bertz CT molecular complexity index is 491. The van der Waals surface area contributed by atoms with Crippen molar-refractivity contribution in [3.63, 3.8) is 0 Å². The molecule has 0 aliphatic carbocycles. The average molecular weight is 277 g/mol. The maximum Gasteiger partial charge on any atom is 0.0639 e. The second-order valence-corrected chi connectivity index (χ2v) is 5.19. The molecule has 0 radical (unpaired) electrons. The molecule has 1 aromatic carbocycles. The van der Waals surface area contributed by atoms with Crippen molar-refractivity contribution >= 4 is 17.3 Å². The van der Waals surface area contributed by atoms with Crippen molar-refractivity contribution in [1.29, 1.82) is 0 Å². The van der Waals surface area contributed by atoms with E-state index in [1.165, 1.54) is 11.4 Å². The molecule has 0 amide bonds. The SMILES string of the molecule is CCN(CC1=CCCC=C(C)N1)c1ccccc1Cl. The Morgan fingerprint density at radius 2 is 1.95 bits per heavy atom. The number of likely N-dealkylation sites (N-methyl/N-ethyl adjacent to an activating group) is 1. The molecule has 102 valence electrons. The average Bonchev–Trinajstić information content (AvgIpc) is 2.61. The molecule has 1 aliphatic heterocycles. The lowest BCUT2D eigenvalue weighted by atomic mass is 10.2. The summed E-state index contributed by atoms with van der Waals surface area (Å²) in [6.45, 7) is 6.07. The van der Waals surface area contributed by atoms with Gasteiger partial charge in [-0.1, -0.05) is 35.9 Å². The van der Waals surface area contributed by atoms with Gasteiger partial charge in [0.15, 0.2) is 0 Å². The molecule has 2 rings (SSSR count). The lowest BCUT2D eigenvalue weighted by molar-refractivity contribution is 0.819. The zero-order chi connectivity index (χ0) is 13.7. The van der Waals surface area contributed by atoms with E-state index in [2.05, 4.69) is 42.3 Å². The molecule has 1 heterocycles. The van der Waals surface area contributed by atoms with Crippen LogP contribution in [0.4, 0.5) is 5.69 Å². The normalized spacial score (nSPS) is 15.1. The van der Waals surface area contributed by atoms with E-state index in [9.17, 15) is 0 Å². The molecule has 3 heteroatoms. The molecule has 0 aromatic heterocycles. The van der Waals surface area contributed by atoms with Gasteiger partial charge in [0.25, 0.3) is 0 Å². The summed E-state index contributed by atoms with van der Waals surface area (Å²) >= 11 is 6.28. The van der Waals surface area contributed by atoms with E-state index >= 15 is 0 Å². The van der Waals surface area contributed by atoms with Gasteiger partial charge in [-0.2, -0.15) is 0 Å². The van der Waals surface area contributed by atoms with E-state index in [4.69, 9.17) is 11.6 Å². The molecule has 19 heavy (non-hydrogen) atoms. The summed E-state index contributed by atoms with van der Waals surface area (Å²) in [5.41, 5.74) is 3.59. The number of anilines is 1. The Labute approximate surface area is 120 Å². The Morgan fingerprint density at radius 3 is 2.68 bits per heavy atom. The number of para-hydroxylation sites is 1. The van der Waals surface area contributed by atoms with Gasteiger partial charge in [-0.3, -0.25) is 0 Å². The van der Waals surface area contributed by atoms with Crippen LogP contribution < -0.4 is 10.2 Å². The Balaban J connectivity index is 2.14. The van der Waals surface area contributed by atoms with Gasteiger partial charge >= 0.3 is 0 Å². The van der Waals surface area contributed by atoms with E-state index in [0.29, 0.717) is 0 Å². The van der Waals surface area contributed by atoms with Crippen LogP contribution in [0.3, 0.4) is 0 Å². The first-order valence-corrected chi connectivity index (χ1v) is 7.20. The molecule has 1 aromatic rings. The fraction of sp³-hybridized carbons (Fsp3) is 0.375. The Morgan fingerprint density at radius 1 is 1.21 bits per heavy atom. The van der Waals surface area contributed by atoms with E-state index in [1.807, 2.05) is 18.2 Å². The highest BCUT2D eigenvalue weighted by Crippen LogP contribution is 2.25. The first-order chi connectivity index (χ1) is 9.20. The summed E-state index contributed by atoms with van der Waals surface area (Å²) in [7, 11) is 0. The largest absolute Gasteiger partial charge is 0.365 e. The van der Waals surface area contributed by atoms with Crippen LogP contribution in [-0.4, -0.2) is 13.1 Å². The summed E-state index contributed by atoms with van der Waals surface area (Å²) in [4.78, 5) is 2.29. The molecular weight excluding hydrogens is 256 g/mol. The van der Waals surface area contributed by atoms with E-state index in [1.54, 1.807) is 0 Å². The summed E-state index contributed by atoms with van der Waals surface area (Å²) in [6, 6.07) is 8.02. The molecule has 1 aliphatic rings. The van der Waals surface area contributed by atoms with Gasteiger partial charge in [0.05, 0.1) is 17.3 Å². The molecule has 0 unspecified atom stereocenters. The van der Waals surface area contributed by atoms with Crippen molar-refractivity contribution < 1.29 is 0 Å². The van der Waals surface area contributed by atoms with Crippen LogP contribution >= 0.6 is 11.6 Å². The second-order valence-electron chi connectivity index (χ2n) is 4.78. The molecule has 0 fully saturated rings. The number of halogens is 1. The van der Waals surface area contributed by atoms with Gasteiger partial charge in [0, 0.05) is 17.9 Å². The molecular formula is C16H21ClN2. The maximum atomic E-state index is 6.28. The van der Waals surface area contributed by atoms with Crippen LogP contribution in [-0.2, 0) is 0 Å². The van der Waals surface area contributed by atoms with Gasteiger partial charge in [-0.25, -0.2) is 0 Å². The molecule has 0 bridgehead atoms. The number of benzene rings is 1. The Kier molecular flexibility index (Phi) is 4.92. The van der Waals surface area contributed by atoms with Crippen molar-refractivity contribution in [2.75, 3.05) is 18.0 Å². The van der Waals surface area contributed by atoms with Gasteiger partial charge in [0.2, 0.25) is 0 Å². The minimum absolute atomic E-state index is 0.811. The fourth-order valence-corrected chi connectivity index (χ4v) is 2.55. The van der Waals surface area contributed by atoms with Crippen molar-refractivity contribution in [2.45, 2.75) is 26.7 Å². The minimum Gasteiger partial charge on any atom is -0.365 e. The zero-order valence-corrected chi connectivity index (χ0v) is 12.4. The van der Waals surface area contributed by atoms with Gasteiger partial charge in [-0.15, -0.1) is 0 Å². The third kappa shape index (κ3) is 3.77. The van der Waals surface area contributed by atoms with Crippen LogP contribution in [0.1, 0.15) is 26.7 Å². The van der Waals surface area contributed by atoms with Crippen molar-refractivity contribution in [3.8, 4) is 0 Å². The monoisotopic (exact) mass is 276 g/mol. The molecule has 0 saturated carbocycles. The summed E-state index contributed by atoms with van der Waals surface area (Å²) in [6.07, 6.45) is 6.74. The Hall–Kier alpha value is -1.41. The second kappa shape index (κ2) is 6.67. The molecule has 1 N–H and O–H groups in total. The number of allylic oxidation sites excluding steroid dienone is 3. The molecule has 0 saturated heterocycles. The fourth-order valence-electron chi connectivity index (χ4n) is 2.30. The number of nitrogens with one attached hydrogen (secondary N) is 1. The molecule has 2 nitrogen and oxygen atoms in total. The molecule has 0 spiro atoms. The first-order valence-electron chi connectivity index (χ1n) is 6.83. The first kappa shape index (κ1) is 14.0. The van der Waals surface area contributed by atoms with Crippen molar-refractivity contribution in [2.24, 2.45) is 0 Å². The molecule has 0 atom stereocenters. The van der Waals surface area contributed by atoms with Gasteiger partial charge in [0.1, 0.15) is 0 Å². The van der Waals surface area contributed by atoms with Crippen LogP contribution in [0.25, 0.3) is 0 Å². The third-order valence-electron chi connectivity index (χ3n) is 3.30. The maximum absolute atomic E-state index is 6.28. The lowest BCUT2D eigenvalue weighted by Gasteiger charge is -2.26. The highest BCUT2D eigenvalue weighted by Gasteiger charge is 2.11. The number of hydrogen-bond donors (Lipinski definition) is 1. The zero-order valence-electron chi connectivity index (χ0n) is 11.6. The van der Waals surface area contributed by atoms with E-state index in [0.717, 1.165) is 36.6 Å². The number of rotatable bonds is 4. The number of hydrogen-bond acceptors (Lipinski definition) is 2. The number of nitrogens with zero attached hydrogens (tertiary/aromatic N) is 1. The van der Waals surface area contributed by atoms with Crippen LogP contribution in [0, 0.1) is 0 Å².